The maximum absolute atomic E-state index is 11.2. The number of carbonyl (C=O) groups is 1. The van der Waals surface area contributed by atoms with Crippen LogP contribution in [0.1, 0.15) is 10.4 Å². The molecule has 0 atom stereocenters. The molecule has 1 aromatic heterocycles. The van der Waals surface area contributed by atoms with Crippen molar-refractivity contribution in [2.45, 2.75) is 10.1 Å². The number of fused-ring (bicyclic) bond motifs is 1. The fourth-order valence-corrected chi connectivity index (χ4v) is 2.90. The van der Waals surface area contributed by atoms with Gasteiger partial charge in [-0.2, -0.15) is 0 Å². The second-order valence-corrected chi connectivity index (χ2v) is 5.42. The van der Waals surface area contributed by atoms with Crippen LogP contribution in [0, 0.1) is 0 Å². The van der Waals surface area contributed by atoms with Gasteiger partial charge in [0.05, 0.1) is 5.56 Å². The summed E-state index contributed by atoms with van der Waals surface area (Å²) in [6, 6.07) is 12.0. The summed E-state index contributed by atoms with van der Waals surface area (Å²) in [7, 11) is 0. The summed E-state index contributed by atoms with van der Waals surface area (Å²) in [5.74, 6) is -1.01. The molecular weight excluding hydrogens is 298 g/mol. The highest BCUT2D eigenvalue weighted by atomic mass is 35.5. The van der Waals surface area contributed by atoms with Crippen molar-refractivity contribution >= 4 is 40.4 Å². The van der Waals surface area contributed by atoms with Crippen molar-refractivity contribution in [1.82, 2.24) is 4.98 Å². The molecule has 0 bridgehead atoms. The van der Waals surface area contributed by atoms with Crippen LogP contribution in [0.4, 0.5) is 0 Å². The van der Waals surface area contributed by atoms with Crippen molar-refractivity contribution in [3.05, 3.63) is 53.1 Å². The molecule has 0 aliphatic heterocycles. The van der Waals surface area contributed by atoms with Gasteiger partial charge in [0.25, 0.3) is 5.22 Å². The van der Waals surface area contributed by atoms with E-state index in [1.54, 1.807) is 12.1 Å². The predicted molar refractivity (Wildman–Crippen MR) is 76.5 cm³/mol. The van der Waals surface area contributed by atoms with E-state index in [9.17, 15) is 4.79 Å². The van der Waals surface area contributed by atoms with E-state index in [2.05, 4.69) is 4.98 Å². The number of hydrogen-bond acceptors (Lipinski definition) is 4. The molecule has 0 saturated heterocycles. The monoisotopic (exact) mass is 305 g/mol. The Morgan fingerprint density at radius 3 is 2.80 bits per heavy atom. The standard InChI is InChI=1S/C14H8ClNO3S/c15-8-5-6-9(13(17)18)12(7-8)20-14-16-10-3-1-2-4-11(10)19-14/h1-7H,(H,17,18). The van der Waals surface area contributed by atoms with Gasteiger partial charge in [0.15, 0.2) is 5.58 Å². The third-order valence-electron chi connectivity index (χ3n) is 2.65. The molecule has 1 N–H and O–H groups in total. The van der Waals surface area contributed by atoms with E-state index < -0.39 is 5.97 Å². The third kappa shape index (κ3) is 2.50. The number of carboxylic acids is 1. The average molecular weight is 306 g/mol. The van der Waals surface area contributed by atoms with Gasteiger partial charge >= 0.3 is 5.97 Å². The third-order valence-corrected chi connectivity index (χ3v) is 3.79. The lowest BCUT2D eigenvalue weighted by Gasteiger charge is -2.03. The van der Waals surface area contributed by atoms with Crippen LogP contribution >= 0.6 is 23.4 Å². The number of nitrogens with zero attached hydrogens (tertiary/aromatic N) is 1. The highest BCUT2D eigenvalue weighted by Gasteiger charge is 2.15. The zero-order valence-corrected chi connectivity index (χ0v) is 11.6. The first-order valence-corrected chi connectivity index (χ1v) is 6.89. The Hall–Kier alpha value is -1.98. The minimum atomic E-state index is -1.01. The second kappa shape index (κ2) is 5.19. The molecule has 0 aliphatic rings. The Morgan fingerprint density at radius 2 is 2.05 bits per heavy atom. The summed E-state index contributed by atoms with van der Waals surface area (Å²) < 4.78 is 5.56. The Labute approximate surface area is 123 Å². The molecule has 0 fully saturated rings. The molecule has 2 aromatic carbocycles. The van der Waals surface area contributed by atoms with Crippen molar-refractivity contribution in [3.8, 4) is 0 Å². The Balaban J connectivity index is 2.01. The first-order chi connectivity index (χ1) is 9.63. The van der Waals surface area contributed by atoms with E-state index in [0.29, 0.717) is 20.7 Å². The molecule has 0 aliphatic carbocycles. The van der Waals surface area contributed by atoms with Crippen molar-refractivity contribution in [3.63, 3.8) is 0 Å². The lowest BCUT2D eigenvalue weighted by Crippen LogP contribution is -1.98. The molecular formula is C14H8ClNO3S. The number of carboxylic acid groups (broad SMARTS) is 1. The summed E-state index contributed by atoms with van der Waals surface area (Å²) in [5.41, 5.74) is 1.56. The van der Waals surface area contributed by atoms with Gasteiger partial charge in [-0.15, -0.1) is 0 Å². The minimum Gasteiger partial charge on any atom is -0.478 e. The van der Waals surface area contributed by atoms with Crippen LogP contribution in [0.15, 0.2) is 57.0 Å². The first-order valence-electron chi connectivity index (χ1n) is 5.70. The van der Waals surface area contributed by atoms with Crippen LogP contribution < -0.4 is 0 Å². The molecule has 1 heterocycles. The first kappa shape index (κ1) is 13.0. The number of rotatable bonds is 3. The van der Waals surface area contributed by atoms with Gasteiger partial charge in [0, 0.05) is 9.92 Å². The van der Waals surface area contributed by atoms with Gasteiger partial charge in [-0.25, -0.2) is 9.78 Å². The van der Waals surface area contributed by atoms with Crippen LogP contribution in [0.2, 0.25) is 5.02 Å². The Kier molecular flexibility index (Phi) is 3.38. The van der Waals surface area contributed by atoms with Gasteiger partial charge < -0.3 is 9.52 Å². The molecule has 6 heteroatoms. The molecule has 0 spiro atoms. The Morgan fingerprint density at radius 1 is 1.25 bits per heavy atom. The number of oxazole rings is 1. The molecule has 0 unspecified atom stereocenters. The zero-order valence-electron chi connectivity index (χ0n) is 10.0. The number of hydrogen-bond donors (Lipinski definition) is 1. The van der Waals surface area contributed by atoms with Gasteiger partial charge in [-0.05, 0) is 42.1 Å². The minimum absolute atomic E-state index is 0.168. The zero-order chi connectivity index (χ0) is 14.1. The topological polar surface area (TPSA) is 63.3 Å². The molecule has 0 saturated carbocycles. The maximum Gasteiger partial charge on any atom is 0.336 e. The molecule has 20 heavy (non-hydrogen) atoms. The van der Waals surface area contributed by atoms with E-state index in [1.165, 1.54) is 6.07 Å². The number of benzene rings is 2. The van der Waals surface area contributed by atoms with Crippen LogP contribution in [0.25, 0.3) is 11.1 Å². The fraction of sp³-hybridized carbons (Fsp3) is 0. The summed E-state index contributed by atoms with van der Waals surface area (Å²) >= 11 is 7.05. The van der Waals surface area contributed by atoms with Crippen molar-refractivity contribution < 1.29 is 14.3 Å². The van der Waals surface area contributed by atoms with E-state index in [4.69, 9.17) is 21.1 Å². The summed E-state index contributed by atoms with van der Waals surface area (Å²) in [6.07, 6.45) is 0. The quantitative estimate of drug-likeness (QED) is 0.780. The van der Waals surface area contributed by atoms with Gasteiger partial charge in [-0.3, -0.25) is 0 Å². The van der Waals surface area contributed by atoms with Crippen molar-refractivity contribution in [1.29, 1.82) is 0 Å². The van der Waals surface area contributed by atoms with Crippen LogP contribution in [0.3, 0.4) is 0 Å². The van der Waals surface area contributed by atoms with Crippen LogP contribution in [-0.2, 0) is 0 Å². The smallest absolute Gasteiger partial charge is 0.336 e. The summed E-state index contributed by atoms with van der Waals surface area (Å²) in [5, 5.41) is 10.0. The number of aromatic nitrogens is 1. The normalized spacial score (nSPS) is 10.8. The Bertz CT molecular complexity index is 767. The molecule has 4 nitrogen and oxygen atoms in total. The lowest BCUT2D eigenvalue weighted by molar-refractivity contribution is 0.0693. The van der Waals surface area contributed by atoms with Gasteiger partial charge in [0.2, 0.25) is 0 Å². The summed E-state index contributed by atoms with van der Waals surface area (Å²) in [6.45, 7) is 0. The van der Waals surface area contributed by atoms with Gasteiger partial charge in [-0.1, -0.05) is 23.7 Å². The van der Waals surface area contributed by atoms with Gasteiger partial charge in [0.1, 0.15) is 5.52 Å². The van der Waals surface area contributed by atoms with Crippen molar-refractivity contribution in [2.24, 2.45) is 0 Å². The van der Waals surface area contributed by atoms with Crippen LogP contribution in [0.5, 0.6) is 0 Å². The SMILES string of the molecule is O=C(O)c1ccc(Cl)cc1Sc1nc2ccccc2o1. The molecule has 3 rings (SSSR count). The largest absolute Gasteiger partial charge is 0.478 e. The maximum atomic E-state index is 11.2. The lowest BCUT2D eigenvalue weighted by atomic mass is 10.2. The highest BCUT2D eigenvalue weighted by molar-refractivity contribution is 7.99. The average Bonchev–Trinajstić information content (AvgIpc) is 2.80. The van der Waals surface area contributed by atoms with E-state index in [-0.39, 0.29) is 5.56 Å². The van der Waals surface area contributed by atoms with E-state index in [0.717, 1.165) is 17.3 Å². The van der Waals surface area contributed by atoms with E-state index >= 15 is 0 Å². The fourth-order valence-electron chi connectivity index (χ4n) is 1.75. The number of para-hydroxylation sites is 2. The van der Waals surface area contributed by atoms with Crippen molar-refractivity contribution in [2.75, 3.05) is 0 Å². The number of halogens is 1. The van der Waals surface area contributed by atoms with Crippen LogP contribution in [-0.4, -0.2) is 16.1 Å². The number of aromatic carboxylic acids is 1. The second-order valence-electron chi connectivity index (χ2n) is 4.00. The highest BCUT2D eigenvalue weighted by Crippen LogP contribution is 2.33. The molecule has 0 radical (unpaired) electrons. The summed E-state index contributed by atoms with van der Waals surface area (Å²) in [4.78, 5) is 16.0. The predicted octanol–water partition coefficient (Wildman–Crippen LogP) is 4.33. The molecule has 3 aromatic rings. The van der Waals surface area contributed by atoms with E-state index in [1.807, 2.05) is 24.3 Å². The molecule has 0 amide bonds. The molecule has 100 valence electrons.